The second-order valence-electron chi connectivity index (χ2n) is 4.30. The van der Waals surface area contributed by atoms with Crippen molar-refractivity contribution in [3.05, 3.63) is 40.9 Å². The highest BCUT2D eigenvalue weighted by Gasteiger charge is 2.18. The molecule has 1 unspecified atom stereocenters. The van der Waals surface area contributed by atoms with Crippen LogP contribution in [0.5, 0.6) is 0 Å². The summed E-state index contributed by atoms with van der Waals surface area (Å²) in [6.07, 6.45) is 2.59. The Morgan fingerprint density at radius 3 is 2.59 bits per heavy atom. The maximum atomic E-state index is 10.9. The van der Waals surface area contributed by atoms with E-state index in [2.05, 4.69) is 9.55 Å². The van der Waals surface area contributed by atoms with Crippen LogP contribution in [-0.4, -0.2) is 15.8 Å². The Bertz CT molecular complexity index is 552. The number of aromatic nitrogens is 2. The first-order chi connectivity index (χ1) is 8.04. The molecule has 0 amide bonds. The molecule has 0 fully saturated rings. The summed E-state index contributed by atoms with van der Waals surface area (Å²) in [6.45, 7) is 7.80. The number of nitrogens with zero attached hydrogens (tertiary/aromatic N) is 2. The SMILES string of the molecule is Cc1cnc(C(C)n2c(C)cc(C=O)c2C)o1. The molecule has 4 nitrogen and oxygen atoms in total. The molecule has 0 aliphatic carbocycles. The van der Waals surface area contributed by atoms with E-state index in [1.165, 1.54) is 0 Å². The lowest BCUT2D eigenvalue weighted by Gasteiger charge is -2.15. The molecule has 2 aromatic heterocycles. The van der Waals surface area contributed by atoms with E-state index in [1.54, 1.807) is 6.20 Å². The number of carbonyl (C=O) groups excluding carboxylic acids is 1. The average molecular weight is 232 g/mol. The summed E-state index contributed by atoms with van der Waals surface area (Å²) in [6, 6.07) is 1.88. The second kappa shape index (κ2) is 4.20. The molecule has 0 saturated heterocycles. The van der Waals surface area contributed by atoms with Crippen molar-refractivity contribution < 1.29 is 9.21 Å². The van der Waals surface area contributed by atoms with Crippen LogP contribution in [0.25, 0.3) is 0 Å². The Labute approximate surface area is 100 Å². The summed E-state index contributed by atoms with van der Waals surface area (Å²) in [5.41, 5.74) is 2.70. The molecule has 1 atom stereocenters. The number of rotatable bonds is 3. The Hall–Kier alpha value is -1.84. The minimum absolute atomic E-state index is 0.00241. The first-order valence-electron chi connectivity index (χ1n) is 5.60. The monoisotopic (exact) mass is 232 g/mol. The first kappa shape index (κ1) is 11.6. The molecule has 0 radical (unpaired) electrons. The minimum atomic E-state index is -0.00241. The highest BCUT2D eigenvalue weighted by atomic mass is 16.4. The highest BCUT2D eigenvalue weighted by Crippen LogP contribution is 2.24. The third-order valence-corrected chi connectivity index (χ3v) is 3.03. The van der Waals surface area contributed by atoms with Crippen molar-refractivity contribution in [3.63, 3.8) is 0 Å². The molecule has 2 aromatic rings. The van der Waals surface area contributed by atoms with Gasteiger partial charge < -0.3 is 8.98 Å². The molecule has 2 rings (SSSR count). The van der Waals surface area contributed by atoms with Gasteiger partial charge in [-0.05, 0) is 33.8 Å². The zero-order valence-electron chi connectivity index (χ0n) is 10.5. The molecule has 0 N–H and O–H groups in total. The maximum Gasteiger partial charge on any atom is 0.217 e. The molecular formula is C13H16N2O2. The topological polar surface area (TPSA) is 48.0 Å². The number of aryl methyl sites for hydroxylation is 2. The van der Waals surface area contributed by atoms with Crippen molar-refractivity contribution in [3.8, 4) is 0 Å². The standard InChI is InChI=1S/C13H16N2O2/c1-8-5-12(7-16)10(3)15(8)11(4)13-14-6-9(2)17-13/h5-7,11H,1-4H3. The van der Waals surface area contributed by atoms with Crippen molar-refractivity contribution in [2.24, 2.45) is 0 Å². The van der Waals surface area contributed by atoms with Gasteiger partial charge in [-0.2, -0.15) is 0 Å². The van der Waals surface area contributed by atoms with E-state index in [0.717, 1.165) is 29.0 Å². The third kappa shape index (κ3) is 1.90. The molecule has 0 spiro atoms. The summed E-state index contributed by atoms with van der Waals surface area (Å²) in [7, 11) is 0. The van der Waals surface area contributed by atoms with E-state index in [1.807, 2.05) is 33.8 Å². The smallest absolute Gasteiger partial charge is 0.217 e. The van der Waals surface area contributed by atoms with Gasteiger partial charge in [-0.3, -0.25) is 4.79 Å². The maximum absolute atomic E-state index is 10.9. The molecular weight excluding hydrogens is 216 g/mol. The van der Waals surface area contributed by atoms with Crippen molar-refractivity contribution in [1.82, 2.24) is 9.55 Å². The molecule has 0 saturated carbocycles. The fourth-order valence-electron chi connectivity index (χ4n) is 2.19. The molecule has 17 heavy (non-hydrogen) atoms. The van der Waals surface area contributed by atoms with E-state index in [-0.39, 0.29) is 6.04 Å². The van der Waals surface area contributed by atoms with Gasteiger partial charge in [0.2, 0.25) is 5.89 Å². The van der Waals surface area contributed by atoms with Gasteiger partial charge in [0.15, 0.2) is 6.29 Å². The highest BCUT2D eigenvalue weighted by molar-refractivity contribution is 5.77. The van der Waals surface area contributed by atoms with Crippen molar-refractivity contribution in [2.45, 2.75) is 33.7 Å². The number of carbonyl (C=O) groups is 1. The van der Waals surface area contributed by atoms with E-state index < -0.39 is 0 Å². The van der Waals surface area contributed by atoms with Gasteiger partial charge in [0.1, 0.15) is 11.8 Å². The van der Waals surface area contributed by atoms with Gasteiger partial charge in [0.25, 0.3) is 0 Å². The first-order valence-corrected chi connectivity index (χ1v) is 5.60. The predicted octanol–water partition coefficient (Wildman–Crippen LogP) is 2.82. The zero-order valence-corrected chi connectivity index (χ0v) is 10.5. The van der Waals surface area contributed by atoms with Crippen LogP contribution in [0.4, 0.5) is 0 Å². The molecule has 0 aromatic carbocycles. The van der Waals surface area contributed by atoms with Crippen LogP contribution in [0.2, 0.25) is 0 Å². The minimum Gasteiger partial charge on any atom is -0.444 e. The summed E-state index contributed by atoms with van der Waals surface area (Å²) in [5, 5.41) is 0. The Balaban J connectivity index is 2.46. The van der Waals surface area contributed by atoms with Crippen LogP contribution in [0, 0.1) is 20.8 Å². The fraction of sp³-hybridized carbons (Fsp3) is 0.385. The van der Waals surface area contributed by atoms with Crippen LogP contribution < -0.4 is 0 Å². The second-order valence-corrected chi connectivity index (χ2v) is 4.30. The third-order valence-electron chi connectivity index (χ3n) is 3.03. The number of hydrogen-bond acceptors (Lipinski definition) is 3. The summed E-state index contributed by atoms with van der Waals surface area (Å²) in [4.78, 5) is 15.1. The number of aldehydes is 1. The van der Waals surface area contributed by atoms with Crippen LogP contribution in [-0.2, 0) is 0 Å². The van der Waals surface area contributed by atoms with Crippen molar-refractivity contribution in [2.75, 3.05) is 0 Å². The normalized spacial score (nSPS) is 12.7. The van der Waals surface area contributed by atoms with Gasteiger partial charge in [0.05, 0.1) is 6.20 Å². The van der Waals surface area contributed by atoms with E-state index in [4.69, 9.17) is 4.42 Å². The summed E-state index contributed by atoms with van der Waals surface area (Å²) < 4.78 is 7.60. The average Bonchev–Trinajstić information content (AvgIpc) is 2.83. The van der Waals surface area contributed by atoms with Crippen LogP contribution in [0.15, 0.2) is 16.7 Å². The molecule has 0 bridgehead atoms. The van der Waals surface area contributed by atoms with Crippen molar-refractivity contribution >= 4 is 6.29 Å². The fourth-order valence-corrected chi connectivity index (χ4v) is 2.19. The van der Waals surface area contributed by atoms with E-state index >= 15 is 0 Å². The Morgan fingerprint density at radius 1 is 1.41 bits per heavy atom. The predicted molar refractivity (Wildman–Crippen MR) is 64.3 cm³/mol. The van der Waals surface area contributed by atoms with Gasteiger partial charge in [-0.1, -0.05) is 0 Å². The van der Waals surface area contributed by atoms with Gasteiger partial charge >= 0.3 is 0 Å². The van der Waals surface area contributed by atoms with Gasteiger partial charge in [-0.15, -0.1) is 0 Å². The summed E-state index contributed by atoms with van der Waals surface area (Å²) >= 11 is 0. The molecule has 2 heterocycles. The molecule has 90 valence electrons. The molecule has 4 heteroatoms. The lowest BCUT2D eigenvalue weighted by molar-refractivity contribution is 0.112. The van der Waals surface area contributed by atoms with Crippen LogP contribution in [0.1, 0.15) is 46.4 Å². The quantitative estimate of drug-likeness (QED) is 0.764. The lowest BCUT2D eigenvalue weighted by atomic mass is 10.2. The number of hydrogen-bond donors (Lipinski definition) is 0. The van der Waals surface area contributed by atoms with Gasteiger partial charge in [0, 0.05) is 17.0 Å². The van der Waals surface area contributed by atoms with Crippen LogP contribution in [0.3, 0.4) is 0 Å². The Kier molecular flexibility index (Phi) is 2.88. The van der Waals surface area contributed by atoms with E-state index in [0.29, 0.717) is 5.89 Å². The lowest BCUT2D eigenvalue weighted by Crippen LogP contribution is -2.10. The molecule has 0 aliphatic rings. The van der Waals surface area contributed by atoms with Crippen molar-refractivity contribution in [1.29, 1.82) is 0 Å². The zero-order chi connectivity index (χ0) is 12.6. The summed E-state index contributed by atoms with van der Waals surface area (Å²) in [5.74, 6) is 1.46. The molecule has 0 aliphatic heterocycles. The Morgan fingerprint density at radius 2 is 2.12 bits per heavy atom. The van der Waals surface area contributed by atoms with E-state index in [9.17, 15) is 4.79 Å². The van der Waals surface area contributed by atoms with Crippen LogP contribution >= 0.6 is 0 Å². The number of oxazole rings is 1. The largest absolute Gasteiger partial charge is 0.444 e. The van der Waals surface area contributed by atoms with Gasteiger partial charge in [-0.25, -0.2) is 4.98 Å².